The van der Waals surface area contributed by atoms with E-state index in [2.05, 4.69) is 5.32 Å². The molecule has 1 N–H and O–H groups in total. The van der Waals surface area contributed by atoms with Crippen LogP contribution >= 0.6 is 0 Å². The summed E-state index contributed by atoms with van der Waals surface area (Å²) in [5.74, 6) is -0.894. The van der Waals surface area contributed by atoms with Crippen LogP contribution in [0.2, 0.25) is 0 Å². The van der Waals surface area contributed by atoms with Crippen LogP contribution in [0.3, 0.4) is 0 Å². The van der Waals surface area contributed by atoms with E-state index in [0.717, 1.165) is 6.07 Å². The van der Waals surface area contributed by atoms with Crippen LogP contribution in [0.4, 0.5) is 11.4 Å². The lowest BCUT2D eigenvalue weighted by atomic mass is 10.2. The summed E-state index contributed by atoms with van der Waals surface area (Å²) in [5.41, 5.74) is 0.185. The molecule has 0 aromatic heterocycles. The van der Waals surface area contributed by atoms with Crippen LogP contribution in [0, 0.1) is 10.1 Å². The monoisotopic (exact) mass is 300 g/mol. The number of hydrogen-bond acceptors (Lipinski definition) is 5. The molecule has 112 valence electrons. The number of nitro benzene ring substituents is 1. The zero-order chi connectivity index (χ0) is 16.1. The molecule has 0 spiro atoms. The molecule has 0 bridgehead atoms. The average Bonchev–Trinajstić information content (AvgIpc) is 2.49. The van der Waals surface area contributed by atoms with E-state index in [4.69, 9.17) is 4.74 Å². The molecule has 2 rings (SSSR count). The van der Waals surface area contributed by atoms with Crippen LogP contribution in [0.15, 0.2) is 48.5 Å². The van der Waals surface area contributed by atoms with Gasteiger partial charge in [-0.25, -0.2) is 4.79 Å². The fraction of sp³-hybridized carbons (Fsp3) is 0.0667. The van der Waals surface area contributed by atoms with Crippen molar-refractivity contribution in [3.63, 3.8) is 0 Å². The van der Waals surface area contributed by atoms with Gasteiger partial charge >= 0.3 is 5.97 Å². The van der Waals surface area contributed by atoms with Crippen LogP contribution in [-0.2, 0) is 4.79 Å². The number of para-hydroxylation sites is 2. The van der Waals surface area contributed by atoms with E-state index in [1.54, 1.807) is 18.2 Å². The molecule has 0 atom stereocenters. The van der Waals surface area contributed by atoms with Gasteiger partial charge in [-0.15, -0.1) is 0 Å². The third-order valence-corrected chi connectivity index (χ3v) is 2.69. The lowest BCUT2D eigenvalue weighted by Crippen LogP contribution is -2.12. The number of nitrogens with one attached hydrogen (secondary N) is 1. The minimum Gasteiger partial charge on any atom is -0.421 e. The van der Waals surface area contributed by atoms with Crippen LogP contribution < -0.4 is 10.1 Å². The van der Waals surface area contributed by atoms with Gasteiger partial charge < -0.3 is 10.1 Å². The fourth-order valence-electron chi connectivity index (χ4n) is 1.75. The number of hydrogen-bond donors (Lipinski definition) is 1. The van der Waals surface area contributed by atoms with E-state index < -0.39 is 10.9 Å². The van der Waals surface area contributed by atoms with Gasteiger partial charge in [0, 0.05) is 19.1 Å². The van der Waals surface area contributed by atoms with Crippen LogP contribution in [-0.4, -0.2) is 16.8 Å². The molecule has 7 nitrogen and oxygen atoms in total. The molecule has 1 amide bonds. The van der Waals surface area contributed by atoms with Gasteiger partial charge in [-0.1, -0.05) is 18.2 Å². The summed E-state index contributed by atoms with van der Waals surface area (Å²) in [6.07, 6.45) is 0. The van der Waals surface area contributed by atoms with E-state index >= 15 is 0 Å². The number of rotatable bonds is 4. The zero-order valence-electron chi connectivity index (χ0n) is 11.6. The molecule has 0 saturated heterocycles. The molecule has 0 heterocycles. The van der Waals surface area contributed by atoms with Crippen molar-refractivity contribution >= 4 is 23.3 Å². The fourth-order valence-corrected chi connectivity index (χ4v) is 1.75. The first-order chi connectivity index (χ1) is 10.5. The van der Waals surface area contributed by atoms with E-state index in [-0.39, 0.29) is 22.9 Å². The van der Waals surface area contributed by atoms with Gasteiger partial charge in [0.1, 0.15) is 0 Å². The largest absolute Gasteiger partial charge is 0.421 e. The Morgan fingerprint density at radius 1 is 1.14 bits per heavy atom. The molecular formula is C15H12N2O5. The van der Waals surface area contributed by atoms with Crippen molar-refractivity contribution in [1.82, 2.24) is 0 Å². The van der Waals surface area contributed by atoms with Crippen LogP contribution in [0.25, 0.3) is 0 Å². The van der Waals surface area contributed by atoms with Gasteiger partial charge in [0.25, 0.3) is 5.69 Å². The molecule has 0 unspecified atom stereocenters. The van der Waals surface area contributed by atoms with Gasteiger partial charge in [-0.2, -0.15) is 0 Å². The Balaban J connectivity index is 2.24. The van der Waals surface area contributed by atoms with Crippen LogP contribution in [0.1, 0.15) is 17.3 Å². The van der Waals surface area contributed by atoms with Crippen molar-refractivity contribution in [2.45, 2.75) is 6.92 Å². The Bertz CT molecular complexity index is 742. The molecule has 0 fully saturated rings. The van der Waals surface area contributed by atoms with Crippen molar-refractivity contribution in [3.8, 4) is 5.75 Å². The molecule has 22 heavy (non-hydrogen) atoms. The number of non-ortho nitro benzene ring substituents is 1. The number of nitro groups is 1. The molecule has 2 aromatic rings. The van der Waals surface area contributed by atoms with Gasteiger partial charge in [-0.3, -0.25) is 14.9 Å². The summed E-state index contributed by atoms with van der Waals surface area (Å²) in [6, 6.07) is 11.6. The third-order valence-electron chi connectivity index (χ3n) is 2.69. The molecule has 7 heteroatoms. The Labute approximate surface area is 125 Å². The summed E-state index contributed by atoms with van der Waals surface area (Å²) in [4.78, 5) is 33.3. The first-order valence-corrected chi connectivity index (χ1v) is 6.30. The standard InChI is InChI=1S/C15H12N2O5/c1-10(18)16-13-7-2-3-8-14(13)22-15(19)11-5-4-6-12(9-11)17(20)21/h2-9H,1H3,(H,16,18). The number of carbonyl (C=O) groups excluding carboxylic acids is 2. The van der Waals surface area contributed by atoms with E-state index in [0.29, 0.717) is 5.69 Å². The highest BCUT2D eigenvalue weighted by Gasteiger charge is 2.15. The second kappa shape index (κ2) is 6.49. The van der Waals surface area contributed by atoms with Gasteiger partial charge in [0.15, 0.2) is 5.75 Å². The molecule has 0 aliphatic carbocycles. The van der Waals surface area contributed by atoms with Crippen molar-refractivity contribution in [1.29, 1.82) is 0 Å². The van der Waals surface area contributed by atoms with Gasteiger partial charge in [0.05, 0.1) is 16.2 Å². The third kappa shape index (κ3) is 3.66. The SMILES string of the molecule is CC(=O)Nc1ccccc1OC(=O)c1cccc([N+](=O)[O-])c1. The van der Waals surface area contributed by atoms with Crippen LogP contribution in [0.5, 0.6) is 5.75 Å². The highest BCUT2D eigenvalue weighted by Crippen LogP contribution is 2.25. The number of nitrogens with zero attached hydrogens (tertiary/aromatic N) is 1. The number of amides is 1. The zero-order valence-corrected chi connectivity index (χ0v) is 11.6. The average molecular weight is 300 g/mol. The minimum absolute atomic E-state index is 0.0480. The molecule has 0 aliphatic heterocycles. The number of carbonyl (C=O) groups is 2. The molecular weight excluding hydrogens is 288 g/mol. The Morgan fingerprint density at radius 3 is 2.55 bits per heavy atom. The Kier molecular flexibility index (Phi) is 4.47. The number of benzene rings is 2. The molecule has 0 saturated carbocycles. The maximum absolute atomic E-state index is 12.1. The summed E-state index contributed by atoms with van der Waals surface area (Å²) in [7, 11) is 0. The maximum atomic E-state index is 12.1. The number of esters is 1. The predicted molar refractivity (Wildman–Crippen MR) is 78.8 cm³/mol. The smallest absolute Gasteiger partial charge is 0.343 e. The molecule has 0 radical (unpaired) electrons. The molecule has 2 aromatic carbocycles. The quantitative estimate of drug-likeness (QED) is 0.405. The summed E-state index contributed by atoms with van der Waals surface area (Å²) in [6.45, 7) is 1.33. The second-order valence-corrected chi connectivity index (χ2v) is 4.37. The van der Waals surface area contributed by atoms with Gasteiger partial charge in [0.2, 0.25) is 5.91 Å². The van der Waals surface area contributed by atoms with Crippen molar-refractivity contribution < 1.29 is 19.2 Å². The summed E-state index contributed by atoms with van der Waals surface area (Å²) < 4.78 is 5.19. The highest BCUT2D eigenvalue weighted by molar-refractivity contribution is 5.94. The summed E-state index contributed by atoms with van der Waals surface area (Å²) >= 11 is 0. The maximum Gasteiger partial charge on any atom is 0.343 e. The number of anilines is 1. The topological polar surface area (TPSA) is 98.5 Å². The lowest BCUT2D eigenvalue weighted by Gasteiger charge is -2.10. The predicted octanol–water partition coefficient (Wildman–Crippen LogP) is 2.77. The first-order valence-electron chi connectivity index (χ1n) is 6.30. The normalized spacial score (nSPS) is 9.86. The lowest BCUT2D eigenvalue weighted by molar-refractivity contribution is -0.384. The van der Waals surface area contributed by atoms with Crippen molar-refractivity contribution in [3.05, 3.63) is 64.2 Å². The van der Waals surface area contributed by atoms with E-state index in [1.165, 1.54) is 31.2 Å². The van der Waals surface area contributed by atoms with E-state index in [1.807, 2.05) is 0 Å². The first kappa shape index (κ1) is 15.2. The second-order valence-electron chi connectivity index (χ2n) is 4.37. The Morgan fingerprint density at radius 2 is 1.86 bits per heavy atom. The van der Waals surface area contributed by atoms with E-state index in [9.17, 15) is 19.7 Å². The number of ether oxygens (including phenoxy) is 1. The summed E-state index contributed by atoms with van der Waals surface area (Å²) in [5, 5.41) is 13.3. The highest BCUT2D eigenvalue weighted by atomic mass is 16.6. The Hall–Kier alpha value is -3.22. The molecule has 0 aliphatic rings. The van der Waals surface area contributed by atoms with Gasteiger partial charge in [-0.05, 0) is 18.2 Å². The van der Waals surface area contributed by atoms with Crippen molar-refractivity contribution in [2.24, 2.45) is 0 Å². The minimum atomic E-state index is -0.749. The van der Waals surface area contributed by atoms with Crippen molar-refractivity contribution in [2.75, 3.05) is 5.32 Å².